The molecule has 0 amide bonds. The average molecular weight is 338 g/mol. The van der Waals surface area contributed by atoms with Gasteiger partial charge in [0.25, 0.3) is 5.69 Å². The molecule has 0 radical (unpaired) electrons. The van der Waals surface area contributed by atoms with Crippen LogP contribution < -0.4 is 0 Å². The third-order valence-electron chi connectivity index (χ3n) is 3.56. The van der Waals surface area contributed by atoms with Crippen LogP contribution in [0, 0.1) is 17.0 Å². The third kappa shape index (κ3) is 3.89. The summed E-state index contributed by atoms with van der Waals surface area (Å²) < 4.78 is 10.4. The summed E-state index contributed by atoms with van der Waals surface area (Å²) in [5.74, 6) is -0.00355. The maximum absolute atomic E-state index is 12.0. The van der Waals surface area contributed by atoms with Crippen LogP contribution >= 0.6 is 0 Å². The molecule has 7 nitrogen and oxygen atoms in total. The van der Waals surface area contributed by atoms with Gasteiger partial charge in [-0.3, -0.25) is 10.1 Å². The first-order valence-electron chi connectivity index (χ1n) is 7.47. The first kappa shape index (κ1) is 16.4. The molecule has 0 aliphatic rings. The fourth-order valence-corrected chi connectivity index (χ4v) is 2.18. The first-order chi connectivity index (χ1) is 12.0. The first-order valence-corrected chi connectivity index (χ1v) is 7.47. The third-order valence-corrected chi connectivity index (χ3v) is 3.56. The number of aromatic nitrogens is 1. The van der Waals surface area contributed by atoms with Gasteiger partial charge in [-0.25, -0.2) is 4.79 Å². The molecule has 126 valence electrons. The van der Waals surface area contributed by atoms with Gasteiger partial charge in [-0.1, -0.05) is 35.0 Å². The van der Waals surface area contributed by atoms with Crippen LogP contribution in [0.15, 0.2) is 59.1 Å². The molecule has 1 heterocycles. The molecule has 1 aromatic heterocycles. The van der Waals surface area contributed by atoms with E-state index < -0.39 is 10.9 Å². The Balaban J connectivity index is 1.62. The van der Waals surface area contributed by atoms with Crippen molar-refractivity contribution in [3.8, 4) is 11.3 Å². The van der Waals surface area contributed by atoms with Crippen LogP contribution in [0.25, 0.3) is 11.3 Å². The number of esters is 1. The van der Waals surface area contributed by atoms with Gasteiger partial charge in [0.1, 0.15) is 12.3 Å². The van der Waals surface area contributed by atoms with Crippen molar-refractivity contribution in [2.75, 3.05) is 0 Å². The summed E-state index contributed by atoms with van der Waals surface area (Å²) in [6.07, 6.45) is 0. The molecule has 0 aliphatic carbocycles. The zero-order valence-electron chi connectivity index (χ0n) is 13.3. The summed E-state index contributed by atoms with van der Waals surface area (Å²) in [6.45, 7) is 1.94. The van der Waals surface area contributed by atoms with Gasteiger partial charge in [0.05, 0.1) is 10.5 Å². The highest BCUT2D eigenvalue weighted by molar-refractivity contribution is 5.89. The van der Waals surface area contributed by atoms with Gasteiger partial charge in [-0.15, -0.1) is 0 Å². The van der Waals surface area contributed by atoms with E-state index in [2.05, 4.69) is 5.16 Å². The highest BCUT2D eigenvalue weighted by Crippen LogP contribution is 2.21. The normalized spacial score (nSPS) is 10.4. The maximum atomic E-state index is 12.0. The molecule has 0 spiro atoms. The number of aryl methyl sites for hydroxylation is 1. The molecule has 0 saturated heterocycles. The Morgan fingerprint density at radius 1 is 1.16 bits per heavy atom. The zero-order valence-corrected chi connectivity index (χ0v) is 13.3. The number of nitro benzene ring substituents is 1. The van der Waals surface area contributed by atoms with Crippen molar-refractivity contribution < 1.29 is 19.0 Å². The van der Waals surface area contributed by atoms with Crippen LogP contribution in [0.1, 0.15) is 21.6 Å². The number of carbonyl (C=O) groups is 1. The van der Waals surface area contributed by atoms with Crippen LogP contribution in [0.5, 0.6) is 0 Å². The minimum Gasteiger partial charge on any atom is -0.455 e. The second-order valence-corrected chi connectivity index (χ2v) is 5.43. The SMILES string of the molecule is Cc1ccc(-c2cc(COC(=O)c3ccc([N+](=O)[O-])cc3)no2)cc1. The second kappa shape index (κ2) is 6.96. The molecule has 25 heavy (non-hydrogen) atoms. The largest absolute Gasteiger partial charge is 0.455 e. The fraction of sp³-hybridized carbons (Fsp3) is 0.111. The van der Waals surface area contributed by atoms with E-state index in [4.69, 9.17) is 9.26 Å². The topological polar surface area (TPSA) is 95.5 Å². The van der Waals surface area contributed by atoms with Crippen molar-refractivity contribution >= 4 is 11.7 Å². The predicted octanol–water partition coefficient (Wildman–Crippen LogP) is 3.92. The molecule has 7 heteroatoms. The fourth-order valence-electron chi connectivity index (χ4n) is 2.18. The highest BCUT2D eigenvalue weighted by Gasteiger charge is 2.13. The molecule has 0 aliphatic heterocycles. The summed E-state index contributed by atoms with van der Waals surface area (Å²) in [7, 11) is 0. The molecular weight excluding hydrogens is 324 g/mol. The highest BCUT2D eigenvalue weighted by atomic mass is 16.6. The second-order valence-electron chi connectivity index (χ2n) is 5.43. The molecule has 0 fully saturated rings. The van der Waals surface area contributed by atoms with E-state index in [-0.39, 0.29) is 17.9 Å². The quantitative estimate of drug-likeness (QED) is 0.397. The molecular formula is C18H14N2O5. The van der Waals surface area contributed by atoms with E-state index in [0.29, 0.717) is 11.5 Å². The molecule has 2 aromatic carbocycles. The minimum atomic E-state index is -0.588. The Morgan fingerprint density at radius 2 is 1.84 bits per heavy atom. The number of hydrogen-bond acceptors (Lipinski definition) is 6. The Kier molecular flexibility index (Phi) is 4.56. The van der Waals surface area contributed by atoms with Crippen LogP contribution in [-0.2, 0) is 11.3 Å². The van der Waals surface area contributed by atoms with Gasteiger partial charge >= 0.3 is 5.97 Å². The number of nitro groups is 1. The number of hydrogen-bond donors (Lipinski definition) is 0. The molecule has 0 N–H and O–H groups in total. The van der Waals surface area contributed by atoms with Crippen molar-refractivity contribution in [2.24, 2.45) is 0 Å². The minimum absolute atomic E-state index is 0.0504. The monoisotopic (exact) mass is 338 g/mol. The molecule has 0 bridgehead atoms. The van der Waals surface area contributed by atoms with E-state index in [1.54, 1.807) is 6.07 Å². The van der Waals surface area contributed by atoms with E-state index in [1.165, 1.54) is 24.3 Å². The van der Waals surface area contributed by atoms with Gasteiger partial charge in [0, 0.05) is 23.8 Å². The number of rotatable bonds is 5. The number of non-ortho nitro benzene ring substituents is 1. The van der Waals surface area contributed by atoms with Crippen LogP contribution in [-0.4, -0.2) is 16.0 Å². The van der Waals surface area contributed by atoms with E-state index >= 15 is 0 Å². The molecule has 0 unspecified atom stereocenters. The number of carbonyl (C=O) groups excluding carboxylic acids is 1. The van der Waals surface area contributed by atoms with Crippen LogP contribution in [0.3, 0.4) is 0 Å². The molecule has 0 saturated carbocycles. The molecule has 0 atom stereocenters. The Morgan fingerprint density at radius 3 is 2.48 bits per heavy atom. The number of ether oxygens (including phenoxy) is 1. The predicted molar refractivity (Wildman–Crippen MR) is 88.9 cm³/mol. The van der Waals surface area contributed by atoms with Gasteiger partial charge in [-0.2, -0.15) is 0 Å². The van der Waals surface area contributed by atoms with E-state index in [9.17, 15) is 14.9 Å². The Hall–Kier alpha value is -3.48. The Bertz CT molecular complexity index is 898. The summed E-state index contributed by atoms with van der Waals surface area (Å²) in [5, 5.41) is 14.5. The van der Waals surface area contributed by atoms with Crippen molar-refractivity contribution in [3.63, 3.8) is 0 Å². The van der Waals surface area contributed by atoms with Crippen molar-refractivity contribution in [2.45, 2.75) is 13.5 Å². The lowest BCUT2D eigenvalue weighted by Gasteiger charge is -2.02. The number of nitrogens with zero attached hydrogens (tertiary/aromatic N) is 2. The van der Waals surface area contributed by atoms with Crippen molar-refractivity contribution in [1.29, 1.82) is 0 Å². The Labute approximate surface area is 143 Å². The van der Waals surface area contributed by atoms with Gasteiger partial charge < -0.3 is 9.26 Å². The van der Waals surface area contributed by atoms with Crippen LogP contribution in [0.4, 0.5) is 5.69 Å². The van der Waals surface area contributed by atoms with Crippen molar-refractivity contribution in [3.05, 3.63) is 81.5 Å². The van der Waals surface area contributed by atoms with E-state index in [0.717, 1.165) is 11.1 Å². The van der Waals surface area contributed by atoms with Crippen molar-refractivity contribution in [1.82, 2.24) is 5.16 Å². The summed E-state index contributed by atoms with van der Waals surface area (Å²) in [6, 6.07) is 14.7. The lowest BCUT2D eigenvalue weighted by atomic mass is 10.1. The summed E-state index contributed by atoms with van der Waals surface area (Å²) in [4.78, 5) is 22.0. The molecule has 3 aromatic rings. The zero-order chi connectivity index (χ0) is 17.8. The summed E-state index contributed by atoms with van der Waals surface area (Å²) >= 11 is 0. The molecule has 3 rings (SSSR count). The standard InChI is InChI=1S/C18H14N2O5/c1-12-2-4-13(5-3-12)17-10-15(19-25-17)11-24-18(21)14-6-8-16(9-7-14)20(22)23/h2-10H,11H2,1H3. The van der Waals surface area contributed by atoms with Gasteiger partial charge in [0.15, 0.2) is 5.76 Å². The van der Waals surface area contributed by atoms with E-state index in [1.807, 2.05) is 31.2 Å². The summed E-state index contributed by atoms with van der Waals surface area (Å²) in [5.41, 5.74) is 2.64. The maximum Gasteiger partial charge on any atom is 0.338 e. The lowest BCUT2D eigenvalue weighted by Crippen LogP contribution is -2.05. The van der Waals surface area contributed by atoms with Crippen LogP contribution in [0.2, 0.25) is 0 Å². The smallest absolute Gasteiger partial charge is 0.338 e. The van der Waals surface area contributed by atoms with Gasteiger partial charge in [-0.05, 0) is 19.1 Å². The van der Waals surface area contributed by atoms with Gasteiger partial charge in [0.2, 0.25) is 0 Å². The average Bonchev–Trinajstić information content (AvgIpc) is 3.09. The lowest BCUT2D eigenvalue weighted by molar-refractivity contribution is -0.384. The number of benzene rings is 2.